The number of hydrogen-bond acceptors (Lipinski definition) is 3. The smallest absolute Gasteiger partial charge is 0.270 e. The third-order valence-corrected chi connectivity index (χ3v) is 2.59. The van der Waals surface area contributed by atoms with Crippen LogP contribution in [0.15, 0.2) is 42.6 Å². The Balaban J connectivity index is 1.96. The van der Waals surface area contributed by atoms with E-state index in [1.807, 2.05) is 31.2 Å². The fourth-order valence-electron chi connectivity index (χ4n) is 1.52. The molecule has 4 nitrogen and oxygen atoms in total. The Labute approximate surface area is 106 Å². The zero-order valence-electron chi connectivity index (χ0n) is 10.2. The van der Waals surface area contributed by atoms with Crippen LogP contribution in [0.5, 0.6) is 0 Å². The highest BCUT2D eigenvalue weighted by Gasteiger charge is 2.05. The van der Waals surface area contributed by atoms with Gasteiger partial charge in [-0.1, -0.05) is 29.8 Å². The maximum atomic E-state index is 11.8. The Morgan fingerprint density at radius 2 is 1.94 bits per heavy atom. The number of hydrogen-bond donors (Lipinski definition) is 2. The molecule has 0 atom stereocenters. The summed E-state index contributed by atoms with van der Waals surface area (Å²) in [6, 6.07) is 11.3. The Morgan fingerprint density at radius 1 is 1.22 bits per heavy atom. The number of aryl methyl sites for hydroxylation is 1. The highest BCUT2D eigenvalue weighted by atomic mass is 16.1. The molecule has 2 aromatic rings. The van der Waals surface area contributed by atoms with Crippen molar-refractivity contribution < 1.29 is 4.79 Å². The molecule has 0 fully saturated rings. The number of carbonyl (C=O) groups excluding carboxylic acids is 1. The third kappa shape index (κ3) is 3.07. The first-order valence-corrected chi connectivity index (χ1v) is 5.70. The van der Waals surface area contributed by atoms with Crippen molar-refractivity contribution in [2.24, 2.45) is 0 Å². The Kier molecular flexibility index (Phi) is 3.57. The van der Waals surface area contributed by atoms with Gasteiger partial charge < -0.3 is 11.1 Å². The van der Waals surface area contributed by atoms with Gasteiger partial charge in [0.1, 0.15) is 5.69 Å². The molecule has 1 heterocycles. The second-order valence-corrected chi connectivity index (χ2v) is 4.15. The van der Waals surface area contributed by atoms with Crippen LogP contribution in [0.2, 0.25) is 0 Å². The Morgan fingerprint density at radius 3 is 2.56 bits per heavy atom. The number of nitrogens with two attached hydrogens (primary N) is 1. The quantitative estimate of drug-likeness (QED) is 0.862. The average Bonchev–Trinajstić information content (AvgIpc) is 2.38. The molecule has 0 saturated carbocycles. The summed E-state index contributed by atoms with van der Waals surface area (Å²) in [5.74, 6) is -0.199. The molecule has 0 aliphatic carbocycles. The molecule has 1 amide bonds. The van der Waals surface area contributed by atoms with Crippen LogP contribution in [0.4, 0.5) is 5.69 Å². The molecule has 2 rings (SSSR count). The lowest BCUT2D eigenvalue weighted by Gasteiger charge is -2.05. The molecule has 3 N–H and O–H groups in total. The van der Waals surface area contributed by atoms with Crippen LogP contribution in [0.25, 0.3) is 0 Å². The fraction of sp³-hybridized carbons (Fsp3) is 0.143. The molecule has 0 spiro atoms. The van der Waals surface area contributed by atoms with Crippen molar-refractivity contribution in [3.05, 3.63) is 59.4 Å². The maximum absolute atomic E-state index is 11.8. The number of nitrogens with one attached hydrogen (secondary N) is 1. The minimum atomic E-state index is -0.199. The van der Waals surface area contributed by atoms with E-state index >= 15 is 0 Å². The van der Waals surface area contributed by atoms with E-state index in [9.17, 15) is 4.79 Å². The normalized spacial score (nSPS) is 10.1. The molecule has 0 saturated heterocycles. The van der Waals surface area contributed by atoms with Crippen molar-refractivity contribution in [2.75, 3.05) is 5.73 Å². The number of pyridine rings is 1. The minimum absolute atomic E-state index is 0.199. The lowest BCUT2D eigenvalue weighted by Crippen LogP contribution is -2.23. The van der Waals surface area contributed by atoms with E-state index in [2.05, 4.69) is 10.3 Å². The largest absolute Gasteiger partial charge is 0.397 e. The second-order valence-electron chi connectivity index (χ2n) is 4.15. The zero-order valence-corrected chi connectivity index (χ0v) is 10.2. The van der Waals surface area contributed by atoms with Crippen molar-refractivity contribution in [3.63, 3.8) is 0 Å². The number of aromatic nitrogens is 1. The first-order chi connectivity index (χ1) is 8.65. The molecule has 0 bridgehead atoms. The molecule has 0 aliphatic heterocycles. The molecule has 0 radical (unpaired) electrons. The van der Waals surface area contributed by atoms with Gasteiger partial charge in [-0.3, -0.25) is 4.79 Å². The first-order valence-electron chi connectivity index (χ1n) is 5.70. The SMILES string of the molecule is Cc1ccc(CNC(=O)c2ccc(N)cn2)cc1. The lowest BCUT2D eigenvalue weighted by atomic mass is 10.1. The van der Waals surface area contributed by atoms with E-state index in [1.54, 1.807) is 12.1 Å². The second kappa shape index (κ2) is 5.31. The summed E-state index contributed by atoms with van der Waals surface area (Å²) >= 11 is 0. The van der Waals surface area contributed by atoms with Crippen LogP contribution >= 0.6 is 0 Å². The third-order valence-electron chi connectivity index (χ3n) is 2.59. The number of rotatable bonds is 3. The Bertz CT molecular complexity index is 532. The molecule has 0 unspecified atom stereocenters. The van der Waals surface area contributed by atoms with Crippen molar-refractivity contribution in [1.82, 2.24) is 10.3 Å². The lowest BCUT2D eigenvalue weighted by molar-refractivity contribution is 0.0946. The van der Waals surface area contributed by atoms with Gasteiger partial charge in [0.2, 0.25) is 0 Å². The van der Waals surface area contributed by atoms with Crippen LogP contribution < -0.4 is 11.1 Å². The summed E-state index contributed by atoms with van der Waals surface area (Å²) in [6.07, 6.45) is 1.47. The van der Waals surface area contributed by atoms with Gasteiger partial charge in [-0.05, 0) is 24.6 Å². The van der Waals surface area contributed by atoms with Crippen LogP contribution in [0.1, 0.15) is 21.6 Å². The fourth-order valence-corrected chi connectivity index (χ4v) is 1.52. The highest BCUT2D eigenvalue weighted by molar-refractivity contribution is 5.92. The average molecular weight is 241 g/mol. The molecule has 1 aromatic carbocycles. The zero-order chi connectivity index (χ0) is 13.0. The molecule has 92 valence electrons. The topological polar surface area (TPSA) is 68.0 Å². The van der Waals surface area contributed by atoms with Crippen LogP contribution in [-0.2, 0) is 6.54 Å². The van der Waals surface area contributed by atoms with Gasteiger partial charge >= 0.3 is 0 Å². The van der Waals surface area contributed by atoms with Crippen molar-refractivity contribution >= 4 is 11.6 Å². The summed E-state index contributed by atoms with van der Waals surface area (Å²) in [4.78, 5) is 15.7. The number of benzene rings is 1. The maximum Gasteiger partial charge on any atom is 0.270 e. The monoisotopic (exact) mass is 241 g/mol. The van der Waals surface area contributed by atoms with E-state index < -0.39 is 0 Å². The number of nitrogens with zero attached hydrogens (tertiary/aromatic N) is 1. The van der Waals surface area contributed by atoms with Crippen molar-refractivity contribution in [2.45, 2.75) is 13.5 Å². The van der Waals surface area contributed by atoms with E-state index in [4.69, 9.17) is 5.73 Å². The number of amides is 1. The molecular weight excluding hydrogens is 226 g/mol. The van der Waals surface area contributed by atoms with E-state index in [0.717, 1.165) is 5.56 Å². The summed E-state index contributed by atoms with van der Waals surface area (Å²) in [7, 11) is 0. The molecule has 0 aliphatic rings. The highest BCUT2D eigenvalue weighted by Crippen LogP contribution is 2.04. The summed E-state index contributed by atoms with van der Waals surface area (Å²) in [5.41, 5.74) is 8.69. The predicted molar refractivity (Wildman–Crippen MR) is 71.0 cm³/mol. The van der Waals surface area contributed by atoms with E-state index in [0.29, 0.717) is 17.9 Å². The van der Waals surface area contributed by atoms with Gasteiger partial charge in [0.25, 0.3) is 5.91 Å². The van der Waals surface area contributed by atoms with Gasteiger partial charge in [0.05, 0.1) is 11.9 Å². The van der Waals surface area contributed by atoms with Gasteiger partial charge in [-0.15, -0.1) is 0 Å². The molecule has 1 aromatic heterocycles. The van der Waals surface area contributed by atoms with Crippen LogP contribution in [0.3, 0.4) is 0 Å². The number of anilines is 1. The van der Waals surface area contributed by atoms with Gasteiger partial charge in [-0.2, -0.15) is 0 Å². The Hall–Kier alpha value is -2.36. The van der Waals surface area contributed by atoms with Gasteiger partial charge in [0, 0.05) is 6.54 Å². The minimum Gasteiger partial charge on any atom is -0.397 e. The van der Waals surface area contributed by atoms with Crippen molar-refractivity contribution in [3.8, 4) is 0 Å². The van der Waals surface area contributed by atoms with E-state index in [-0.39, 0.29) is 5.91 Å². The summed E-state index contributed by atoms with van der Waals surface area (Å²) in [6.45, 7) is 2.52. The standard InChI is InChI=1S/C14H15N3O/c1-10-2-4-11(5-3-10)8-17-14(18)13-7-6-12(15)9-16-13/h2-7,9H,8,15H2,1H3,(H,17,18). The molecule has 18 heavy (non-hydrogen) atoms. The van der Waals surface area contributed by atoms with Crippen LogP contribution in [-0.4, -0.2) is 10.9 Å². The number of carbonyl (C=O) groups is 1. The van der Waals surface area contributed by atoms with Gasteiger partial charge in [0.15, 0.2) is 0 Å². The van der Waals surface area contributed by atoms with Crippen molar-refractivity contribution in [1.29, 1.82) is 0 Å². The van der Waals surface area contributed by atoms with E-state index in [1.165, 1.54) is 11.8 Å². The summed E-state index contributed by atoms with van der Waals surface area (Å²) in [5, 5.41) is 2.81. The summed E-state index contributed by atoms with van der Waals surface area (Å²) < 4.78 is 0. The predicted octanol–water partition coefficient (Wildman–Crippen LogP) is 1.90. The van der Waals surface area contributed by atoms with Crippen LogP contribution in [0, 0.1) is 6.92 Å². The first kappa shape index (κ1) is 12.1. The van der Waals surface area contributed by atoms with Gasteiger partial charge in [-0.25, -0.2) is 4.98 Å². The molecule has 4 heteroatoms. The molecular formula is C14H15N3O. The number of nitrogen functional groups attached to an aromatic ring is 1.